The average Bonchev–Trinajstić information content (AvgIpc) is 2.77. The van der Waals surface area contributed by atoms with Crippen LogP contribution in [0.5, 0.6) is 0 Å². The Bertz CT molecular complexity index is 769. The van der Waals surface area contributed by atoms with E-state index in [1.54, 1.807) is 23.3 Å². The zero-order valence-corrected chi connectivity index (χ0v) is 12.5. The van der Waals surface area contributed by atoms with E-state index in [-0.39, 0.29) is 5.28 Å². The van der Waals surface area contributed by atoms with Gasteiger partial charge < -0.3 is 5.32 Å². The lowest BCUT2D eigenvalue weighted by molar-refractivity contribution is 0.753. The summed E-state index contributed by atoms with van der Waals surface area (Å²) in [6.07, 6.45) is 6.66. The highest BCUT2D eigenvalue weighted by molar-refractivity contribution is 6.28. The SMILES string of the molecule is CCCc1nn(C)c2c(Nc3cnccn3)nc(Cl)nc12. The minimum atomic E-state index is 0.180. The summed E-state index contributed by atoms with van der Waals surface area (Å²) in [6, 6.07) is 0. The van der Waals surface area contributed by atoms with Gasteiger partial charge in [-0.05, 0) is 18.0 Å². The fraction of sp³-hybridized carbons (Fsp3) is 0.308. The van der Waals surface area contributed by atoms with Crippen LogP contribution >= 0.6 is 11.6 Å². The summed E-state index contributed by atoms with van der Waals surface area (Å²) in [5, 5.41) is 7.80. The molecular weight excluding hydrogens is 290 g/mol. The van der Waals surface area contributed by atoms with Crippen LogP contribution in [0.1, 0.15) is 19.0 Å². The summed E-state index contributed by atoms with van der Waals surface area (Å²) in [6.45, 7) is 2.10. The van der Waals surface area contributed by atoms with Crippen LogP contribution in [0, 0.1) is 0 Å². The van der Waals surface area contributed by atoms with Gasteiger partial charge in [0, 0.05) is 19.4 Å². The quantitative estimate of drug-likeness (QED) is 0.746. The van der Waals surface area contributed by atoms with Gasteiger partial charge in [-0.25, -0.2) is 9.97 Å². The van der Waals surface area contributed by atoms with E-state index in [1.165, 1.54) is 0 Å². The number of anilines is 2. The van der Waals surface area contributed by atoms with Crippen LogP contribution in [0.4, 0.5) is 11.6 Å². The van der Waals surface area contributed by atoms with Crippen molar-refractivity contribution in [3.63, 3.8) is 0 Å². The Morgan fingerprint density at radius 1 is 1.29 bits per heavy atom. The van der Waals surface area contributed by atoms with Crippen molar-refractivity contribution in [3.05, 3.63) is 29.6 Å². The van der Waals surface area contributed by atoms with E-state index < -0.39 is 0 Å². The lowest BCUT2D eigenvalue weighted by Gasteiger charge is -2.06. The molecule has 21 heavy (non-hydrogen) atoms. The van der Waals surface area contributed by atoms with Crippen LogP contribution < -0.4 is 5.32 Å². The molecule has 0 aliphatic rings. The number of fused-ring (bicyclic) bond motifs is 1. The molecule has 3 aromatic heterocycles. The van der Waals surface area contributed by atoms with Crippen LogP contribution in [0.25, 0.3) is 11.0 Å². The summed E-state index contributed by atoms with van der Waals surface area (Å²) in [5.41, 5.74) is 2.49. The lowest BCUT2D eigenvalue weighted by Crippen LogP contribution is -2.01. The van der Waals surface area contributed by atoms with Crippen molar-refractivity contribution in [2.45, 2.75) is 19.8 Å². The van der Waals surface area contributed by atoms with Crippen LogP contribution in [0.2, 0.25) is 5.28 Å². The van der Waals surface area contributed by atoms with Gasteiger partial charge >= 0.3 is 0 Å². The highest BCUT2D eigenvalue weighted by atomic mass is 35.5. The predicted octanol–water partition coefficient (Wildman–Crippen LogP) is 2.50. The standard InChI is InChI=1S/C13H14ClN7/c1-3-4-8-10-11(21(2)20-8)12(19-13(14)18-10)17-9-7-15-5-6-16-9/h5-7H,3-4H2,1-2H3,(H,16,17,18,19). The Morgan fingerprint density at radius 2 is 2.14 bits per heavy atom. The monoisotopic (exact) mass is 303 g/mol. The minimum absolute atomic E-state index is 0.180. The maximum absolute atomic E-state index is 6.04. The molecule has 0 saturated heterocycles. The normalized spacial score (nSPS) is 11.0. The molecule has 0 aliphatic carbocycles. The van der Waals surface area contributed by atoms with Gasteiger partial charge in [0.1, 0.15) is 16.9 Å². The Morgan fingerprint density at radius 3 is 2.86 bits per heavy atom. The summed E-state index contributed by atoms with van der Waals surface area (Å²) in [4.78, 5) is 16.8. The first-order chi connectivity index (χ1) is 10.2. The number of hydrogen-bond acceptors (Lipinski definition) is 6. The molecule has 0 saturated carbocycles. The van der Waals surface area contributed by atoms with Crippen molar-refractivity contribution in [2.75, 3.05) is 5.32 Å². The molecule has 0 aliphatic heterocycles. The number of aromatic nitrogens is 6. The van der Waals surface area contributed by atoms with Crippen molar-refractivity contribution < 1.29 is 0 Å². The molecule has 0 fully saturated rings. The van der Waals surface area contributed by atoms with Gasteiger partial charge in [0.2, 0.25) is 5.28 Å². The van der Waals surface area contributed by atoms with E-state index in [0.29, 0.717) is 11.6 Å². The summed E-state index contributed by atoms with van der Waals surface area (Å²) >= 11 is 6.04. The van der Waals surface area contributed by atoms with E-state index >= 15 is 0 Å². The smallest absolute Gasteiger partial charge is 0.225 e. The third-order valence-corrected chi connectivity index (χ3v) is 3.19. The van der Waals surface area contributed by atoms with Crippen LogP contribution in [-0.2, 0) is 13.5 Å². The number of nitrogens with zero attached hydrogens (tertiary/aromatic N) is 6. The molecule has 0 spiro atoms. The largest absolute Gasteiger partial charge is 0.322 e. The van der Waals surface area contributed by atoms with Gasteiger partial charge in [0.15, 0.2) is 5.82 Å². The molecular formula is C13H14ClN7. The molecule has 3 aromatic rings. The first-order valence-corrected chi connectivity index (χ1v) is 6.99. The zero-order valence-electron chi connectivity index (χ0n) is 11.7. The van der Waals surface area contributed by atoms with E-state index in [0.717, 1.165) is 29.6 Å². The van der Waals surface area contributed by atoms with Crippen LogP contribution in [0.15, 0.2) is 18.6 Å². The minimum Gasteiger partial charge on any atom is -0.322 e. The first kappa shape index (κ1) is 13.7. The van der Waals surface area contributed by atoms with Crippen molar-refractivity contribution in [1.82, 2.24) is 29.7 Å². The highest BCUT2D eigenvalue weighted by Gasteiger charge is 2.16. The van der Waals surface area contributed by atoms with Gasteiger partial charge in [-0.1, -0.05) is 13.3 Å². The molecule has 0 atom stereocenters. The van der Waals surface area contributed by atoms with Crippen LogP contribution in [0.3, 0.4) is 0 Å². The molecule has 1 N–H and O–H groups in total. The Labute approximate surface area is 126 Å². The third-order valence-electron chi connectivity index (χ3n) is 3.02. The molecule has 0 bridgehead atoms. The van der Waals surface area contributed by atoms with Gasteiger partial charge in [0.05, 0.1) is 11.9 Å². The maximum atomic E-state index is 6.04. The molecule has 3 rings (SSSR count). The number of rotatable bonds is 4. The number of halogens is 1. The summed E-state index contributed by atoms with van der Waals surface area (Å²) < 4.78 is 1.76. The first-order valence-electron chi connectivity index (χ1n) is 6.61. The Balaban J connectivity index is 2.13. The average molecular weight is 304 g/mol. The van der Waals surface area contributed by atoms with E-state index in [2.05, 4.69) is 37.3 Å². The van der Waals surface area contributed by atoms with Crippen LogP contribution in [-0.4, -0.2) is 29.7 Å². The van der Waals surface area contributed by atoms with E-state index in [9.17, 15) is 0 Å². The number of hydrogen-bond donors (Lipinski definition) is 1. The van der Waals surface area contributed by atoms with Gasteiger partial charge in [-0.15, -0.1) is 0 Å². The molecule has 3 heterocycles. The molecule has 0 unspecified atom stereocenters. The summed E-state index contributed by atoms with van der Waals surface area (Å²) in [7, 11) is 1.86. The molecule has 0 radical (unpaired) electrons. The number of aryl methyl sites for hydroxylation is 2. The summed E-state index contributed by atoms with van der Waals surface area (Å²) in [5.74, 6) is 1.16. The molecule has 8 heteroatoms. The van der Waals surface area contributed by atoms with E-state index in [1.807, 2.05) is 7.05 Å². The van der Waals surface area contributed by atoms with Gasteiger partial charge in [0.25, 0.3) is 0 Å². The fourth-order valence-electron chi connectivity index (χ4n) is 2.19. The topological polar surface area (TPSA) is 81.4 Å². The lowest BCUT2D eigenvalue weighted by atomic mass is 10.2. The van der Waals surface area contributed by atoms with Crippen molar-refractivity contribution >= 4 is 34.3 Å². The number of nitrogens with one attached hydrogen (secondary N) is 1. The Kier molecular flexibility index (Phi) is 3.66. The van der Waals surface area contributed by atoms with E-state index in [4.69, 9.17) is 11.6 Å². The second-order valence-electron chi connectivity index (χ2n) is 4.57. The predicted molar refractivity (Wildman–Crippen MR) is 80.6 cm³/mol. The second kappa shape index (κ2) is 5.61. The molecule has 7 nitrogen and oxygen atoms in total. The fourth-order valence-corrected chi connectivity index (χ4v) is 2.36. The zero-order chi connectivity index (χ0) is 14.8. The van der Waals surface area contributed by atoms with Gasteiger partial charge in [-0.2, -0.15) is 10.1 Å². The van der Waals surface area contributed by atoms with Crippen molar-refractivity contribution in [3.8, 4) is 0 Å². The molecule has 108 valence electrons. The molecule has 0 amide bonds. The molecule has 0 aromatic carbocycles. The van der Waals surface area contributed by atoms with Gasteiger partial charge in [-0.3, -0.25) is 9.67 Å². The third kappa shape index (κ3) is 2.64. The second-order valence-corrected chi connectivity index (χ2v) is 4.91. The maximum Gasteiger partial charge on any atom is 0.225 e. The highest BCUT2D eigenvalue weighted by Crippen LogP contribution is 2.26. The van der Waals surface area contributed by atoms with Crippen molar-refractivity contribution in [1.29, 1.82) is 0 Å². The van der Waals surface area contributed by atoms with Crippen molar-refractivity contribution in [2.24, 2.45) is 7.05 Å². The Hall–Kier alpha value is -2.28.